The SMILES string of the molecule is CC(C)[C@@H](N)c1nc(Cc2ccccc2Cl)no1. The molecule has 5 heteroatoms. The summed E-state index contributed by atoms with van der Waals surface area (Å²) >= 11 is 6.08. The first kappa shape index (κ1) is 13.1. The molecule has 0 saturated carbocycles. The van der Waals surface area contributed by atoms with Gasteiger partial charge >= 0.3 is 0 Å². The van der Waals surface area contributed by atoms with Gasteiger partial charge in [0.05, 0.1) is 6.04 Å². The molecule has 0 aliphatic heterocycles. The zero-order valence-corrected chi connectivity index (χ0v) is 11.2. The van der Waals surface area contributed by atoms with Gasteiger partial charge in [-0.05, 0) is 17.5 Å². The second kappa shape index (κ2) is 5.50. The lowest BCUT2D eigenvalue weighted by Gasteiger charge is -2.09. The lowest BCUT2D eigenvalue weighted by Crippen LogP contribution is -2.17. The summed E-state index contributed by atoms with van der Waals surface area (Å²) < 4.78 is 5.17. The van der Waals surface area contributed by atoms with E-state index in [1.165, 1.54) is 0 Å². The second-order valence-corrected chi connectivity index (χ2v) is 4.99. The fraction of sp³-hybridized carbons (Fsp3) is 0.385. The molecule has 0 aliphatic rings. The first-order valence-electron chi connectivity index (χ1n) is 5.89. The highest BCUT2D eigenvalue weighted by Gasteiger charge is 2.18. The minimum absolute atomic E-state index is 0.225. The van der Waals surface area contributed by atoms with Crippen LogP contribution >= 0.6 is 11.6 Å². The number of hydrogen-bond donors (Lipinski definition) is 1. The van der Waals surface area contributed by atoms with Crippen molar-refractivity contribution in [2.75, 3.05) is 0 Å². The molecule has 0 fully saturated rings. The van der Waals surface area contributed by atoms with Gasteiger partial charge in [0.1, 0.15) is 0 Å². The van der Waals surface area contributed by atoms with E-state index in [0.717, 1.165) is 5.56 Å². The third kappa shape index (κ3) is 2.89. The smallest absolute Gasteiger partial charge is 0.243 e. The highest BCUT2D eigenvalue weighted by atomic mass is 35.5. The molecule has 1 atom stereocenters. The molecule has 0 unspecified atom stereocenters. The quantitative estimate of drug-likeness (QED) is 0.923. The van der Waals surface area contributed by atoms with Crippen LogP contribution < -0.4 is 5.73 Å². The summed E-state index contributed by atoms with van der Waals surface area (Å²) in [4.78, 5) is 4.31. The van der Waals surface area contributed by atoms with Crippen molar-refractivity contribution in [2.45, 2.75) is 26.3 Å². The number of hydrogen-bond acceptors (Lipinski definition) is 4. The van der Waals surface area contributed by atoms with Crippen LogP contribution in [-0.2, 0) is 6.42 Å². The van der Waals surface area contributed by atoms with Gasteiger partial charge in [-0.1, -0.05) is 48.8 Å². The monoisotopic (exact) mass is 265 g/mol. The summed E-state index contributed by atoms with van der Waals surface area (Å²) in [6, 6.07) is 7.39. The highest BCUT2D eigenvalue weighted by molar-refractivity contribution is 6.31. The summed E-state index contributed by atoms with van der Waals surface area (Å²) in [5, 5.41) is 4.64. The van der Waals surface area contributed by atoms with Crippen molar-refractivity contribution < 1.29 is 4.52 Å². The first-order chi connectivity index (χ1) is 8.58. The zero-order chi connectivity index (χ0) is 13.1. The van der Waals surface area contributed by atoms with Crippen molar-refractivity contribution in [1.82, 2.24) is 10.1 Å². The van der Waals surface area contributed by atoms with Gasteiger partial charge in [0.2, 0.25) is 5.89 Å². The van der Waals surface area contributed by atoms with E-state index >= 15 is 0 Å². The minimum Gasteiger partial charge on any atom is -0.338 e. The molecular formula is C13H16ClN3O. The maximum atomic E-state index is 6.08. The van der Waals surface area contributed by atoms with E-state index in [1.807, 2.05) is 38.1 Å². The Hall–Kier alpha value is -1.39. The summed E-state index contributed by atoms with van der Waals surface area (Å²) in [7, 11) is 0. The molecule has 0 bridgehead atoms. The molecule has 1 aromatic heterocycles. The second-order valence-electron chi connectivity index (χ2n) is 4.59. The Bertz CT molecular complexity index is 524. The number of halogens is 1. The number of aromatic nitrogens is 2. The Labute approximate surface area is 111 Å². The minimum atomic E-state index is -0.225. The third-order valence-electron chi connectivity index (χ3n) is 2.79. The van der Waals surface area contributed by atoms with Crippen LogP contribution in [0.25, 0.3) is 0 Å². The van der Waals surface area contributed by atoms with Gasteiger partial charge in [-0.15, -0.1) is 0 Å². The first-order valence-corrected chi connectivity index (χ1v) is 6.27. The van der Waals surface area contributed by atoms with Crippen molar-refractivity contribution in [3.8, 4) is 0 Å². The number of rotatable bonds is 4. The lowest BCUT2D eigenvalue weighted by molar-refractivity contribution is 0.322. The molecule has 2 N–H and O–H groups in total. The average Bonchev–Trinajstić information content (AvgIpc) is 2.79. The molecular weight excluding hydrogens is 250 g/mol. The Kier molecular flexibility index (Phi) is 3.99. The van der Waals surface area contributed by atoms with Crippen molar-refractivity contribution >= 4 is 11.6 Å². The molecule has 0 aliphatic carbocycles. The molecule has 0 saturated heterocycles. The summed E-state index contributed by atoms with van der Waals surface area (Å²) in [5.74, 6) is 1.35. The van der Waals surface area contributed by atoms with Crippen LogP contribution in [-0.4, -0.2) is 10.1 Å². The molecule has 2 aromatic rings. The van der Waals surface area contributed by atoms with Crippen molar-refractivity contribution in [3.05, 3.63) is 46.6 Å². The van der Waals surface area contributed by atoms with Gasteiger partial charge < -0.3 is 10.3 Å². The standard InChI is InChI=1S/C13H16ClN3O/c1-8(2)12(15)13-16-11(17-18-13)7-9-5-3-4-6-10(9)14/h3-6,8,12H,7,15H2,1-2H3/t12-/m1/s1. The Morgan fingerprint density at radius 3 is 2.72 bits per heavy atom. The molecule has 1 aromatic carbocycles. The average molecular weight is 266 g/mol. The van der Waals surface area contributed by atoms with Crippen LogP contribution in [0.5, 0.6) is 0 Å². The van der Waals surface area contributed by atoms with Gasteiger partial charge in [0.15, 0.2) is 5.82 Å². The van der Waals surface area contributed by atoms with E-state index in [2.05, 4.69) is 10.1 Å². The molecule has 4 nitrogen and oxygen atoms in total. The van der Waals surface area contributed by atoms with Crippen LogP contribution in [0.2, 0.25) is 5.02 Å². The Morgan fingerprint density at radius 2 is 2.06 bits per heavy atom. The fourth-order valence-electron chi connectivity index (χ4n) is 1.57. The number of nitrogens with two attached hydrogens (primary N) is 1. The predicted octanol–water partition coefficient (Wildman–Crippen LogP) is 2.97. The van der Waals surface area contributed by atoms with Crippen LogP contribution in [0, 0.1) is 5.92 Å². The zero-order valence-electron chi connectivity index (χ0n) is 10.4. The van der Waals surface area contributed by atoms with Crippen LogP contribution in [0.1, 0.15) is 37.2 Å². The number of nitrogens with zero attached hydrogens (tertiary/aromatic N) is 2. The molecule has 2 rings (SSSR count). The predicted molar refractivity (Wildman–Crippen MR) is 70.3 cm³/mol. The van der Waals surface area contributed by atoms with Gasteiger partial charge in [0.25, 0.3) is 0 Å². The maximum Gasteiger partial charge on any atom is 0.243 e. The summed E-state index contributed by atoms with van der Waals surface area (Å²) in [6.45, 7) is 4.03. The Morgan fingerprint density at radius 1 is 1.33 bits per heavy atom. The van der Waals surface area contributed by atoms with E-state index in [4.69, 9.17) is 21.9 Å². The fourth-order valence-corrected chi connectivity index (χ4v) is 1.77. The summed E-state index contributed by atoms with van der Waals surface area (Å²) in [6.07, 6.45) is 0.550. The van der Waals surface area contributed by atoms with Crippen molar-refractivity contribution in [2.24, 2.45) is 11.7 Å². The van der Waals surface area contributed by atoms with Crippen LogP contribution in [0.4, 0.5) is 0 Å². The van der Waals surface area contributed by atoms with Gasteiger partial charge in [-0.2, -0.15) is 4.98 Å². The summed E-state index contributed by atoms with van der Waals surface area (Å²) in [5.41, 5.74) is 6.93. The van der Waals surface area contributed by atoms with Crippen LogP contribution in [0.3, 0.4) is 0 Å². The van der Waals surface area contributed by atoms with E-state index in [9.17, 15) is 0 Å². The molecule has 0 spiro atoms. The van der Waals surface area contributed by atoms with E-state index in [1.54, 1.807) is 0 Å². The van der Waals surface area contributed by atoms with Crippen molar-refractivity contribution in [1.29, 1.82) is 0 Å². The molecule has 0 amide bonds. The van der Waals surface area contributed by atoms with Gasteiger partial charge in [-0.25, -0.2) is 0 Å². The van der Waals surface area contributed by atoms with E-state index in [0.29, 0.717) is 23.2 Å². The van der Waals surface area contributed by atoms with Gasteiger partial charge in [-0.3, -0.25) is 0 Å². The lowest BCUT2D eigenvalue weighted by atomic mass is 10.1. The van der Waals surface area contributed by atoms with E-state index in [-0.39, 0.29) is 12.0 Å². The molecule has 96 valence electrons. The normalized spacial score (nSPS) is 12.9. The largest absolute Gasteiger partial charge is 0.338 e. The van der Waals surface area contributed by atoms with Gasteiger partial charge in [0, 0.05) is 11.4 Å². The number of benzene rings is 1. The third-order valence-corrected chi connectivity index (χ3v) is 3.16. The maximum absolute atomic E-state index is 6.08. The highest BCUT2D eigenvalue weighted by Crippen LogP contribution is 2.20. The molecule has 1 heterocycles. The molecule has 0 radical (unpaired) electrons. The van der Waals surface area contributed by atoms with E-state index < -0.39 is 0 Å². The van der Waals surface area contributed by atoms with Crippen LogP contribution in [0.15, 0.2) is 28.8 Å². The molecule has 18 heavy (non-hydrogen) atoms. The van der Waals surface area contributed by atoms with Crippen molar-refractivity contribution in [3.63, 3.8) is 0 Å². The topological polar surface area (TPSA) is 64.9 Å². The Balaban J connectivity index is 2.14.